The van der Waals surface area contributed by atoms with Crippen LogP contribution in [0.1, 0.15) is 33.4 Å². The van der Waals surface area contributed by atoms with E-state index in [-0.39, 0.29) is 24.4 Å². The van der Waals surface area contributed by atoms with E-state index >= 15 is 0 Å². The van der Waals surface area contributed by atoms with Crippen LogP contribution in [0.4, 0.5) is 0 Å². The number of aryl methyl sites for hydroxylation is 2. The summed E-state index contributed by atoms with van der Waals surface area (Å²) in [7, 11) is 0. The van der Waals surface area contributed by atoms with Crippen molar-refractivity contribution in [2.75, 3.05) is 13.2 Å². The molecule has 0 spiro atoms. The number of benzene rings is 2. The van der Waals surface area contributed by atoms with E-state index < -0.39 is 0 Å². The van der Waals surface area contributed by atoms with Crippen LogP contribution in [0.3, 0.4) is 0 Å². The van der Waals surface area contributed by atoms with Crippen molar-refractivity contribution in [1.82, 2.24) is 0 Å². The van der Waals surface area contributed by atoms with Crippen LogP contribution in [0, 0.1) is 13.8 Å². The number of hydrogen-bond acceptors (Lipinski definition) is 3. The molecule has 4 unspecified atom stereocenters. The standard InChI is InChI=1S/C26H30O3/c1-5-19-7-9-21(17(3)11-19)13-23(25-15-27-25)29-24(26-16-28-26)14-22-10-8-20(6-2)12-18(22)4/h5-12,23-26H,1-2,13-16H2,3-4H3. The van der Waals surface area contributed by atoms with Crippen molar-refractivity contribution in [2.45, 2.75) is 51.1 Å². The Labute approximate surface area is 174 Å². The van der Waals surface area contributed by atoms with Gasteiger partial charge in [0.05, 0.1) is 25.4 Å². The van der Waals surface area contributed by atoms with E-state index in [1.807, 2.05) is 12.2 Å². The number of epoxide rings is 2. The average molecular weight is 391 g/mol. The third-order valence-corrected chi connectivity index (χ3v) is 5.94. The number of rotatable bonds is 10. The van der Waals surface area contributed by atoms with Crippen molar-refractivity contribution in [3.63, 3.8) is 0 Å². The molecule has 0 N–H and O–H groups in total. The molecule has 152 valence electrons. The third-order valence-electron chi connectivity index (χ3n) is 5.94. The Bertz CT molecular complexity index is 819. The predicted molar refractivity (Wildman–Crippen MR) is 118 cm³/mol. The van der Waals surface area contributed by atoms with Gasteiger partial charge < -0.3 is 14.2 Å². The lowest BCUT2D eigenvalue weighted by molar-refractivity contribution is -0.0370. The molecular formula is C26H30O3. The molecule has 2 fully saturated rings. The van der Waals surface area contributed by atoms with Crippen LogP contribution in [-0.2, 0) is 27.1 Å². The zero-order chi connectivity index (χ0) is 20.4. The van der Waals surface area contributed by atoms with E-state index in [0.717, 1.165) is 37.2 Å². The zero-order valence-corrected chi connectivity index (χ0v) is 17.4. The fourth-order valence-corrected chi connectivity index (χ4v) is 3.88. The Morgan fingerprint density at radius 1 is 0.862 bits per heavy atom. The van der Waals surface area contributed by atoms with Gasteiger partial charge in [0, 0.05) is 12.8 Å². The summed E-state index contributed by atoms with van der Waals surface area (Å²) < 4.78 is 17.9. The summed E-state index contributed by atoms with van der Waals surface area (Å²) in [6, 6.07) is 13.0. The minimum absolute atomic E-state index is 0.0465. The van der Waals surface area contributed by atoms with Crippen LogP contribution in [-0.4, -0.2) is 37.6 Å². The molecule has 2 heterocycles. The van der Waals surface area contributed by atoms with Gasteiger partial charge in [-0.05, 0) is 47.2 Å². The molecule has 0 radical (unpaired) electrons. The first-order chi connectivity index (χ1) is 14.1. The van der Waals surface area contributed by atoms with Crippen LogP contribution < -0.4 is 0 Å². The number of ether oxygens (including phenoxy) is 3. The maximum Gasteiger partial charge on any atom is 0.107 e. The first-order valence-electron chi connectivity index (χ1n) is 10.4. The fraction of sp³-hybridized carbons (Fsp3) is 0.385. The molecule has 2 aromatic rings. The average Bonchev–Trinajstić information content (AvgIpc) is 3.62. The second-order valence-corrected chi connectivity index (χ2v) is 8.14. The Balaban J connectivity index is 1.48. The topological polar surface area (TPSA) is 34.3 Å². The number of hydrogen-bond donors (Lipinski definition) is 0. The van der Waals surface area contributed by atoms with Gasteiger partial charge in [0.1, 0.15) is 12.2 Å². The van der Waals surface area contributed by atoms with Crippen LogP contribution in [0.5, 0.6) is 0 Å². The molecule has 2 aliphatic heterocycles. The molecule has 0 saturated carbocycles. The van der Waals surface area contributed by atoms with Crippen molar-refractivity contribution >= 4 is 12.2 Å². The second-order valence-electron chi connectivity index (χ2n) is 8.14. The lowest BCUT2D eigenvalue weighted by atomic mass is 9.97. The Morgan fingerprint density at radius 3 is 1.59 bits per heavy atom. The summed E-state index contributed by atoms with van der Waals surface area (Å²) >= 11 is 0. The van der Waals surface area contributed by atoms with Crippen molar-refractivity contribution < 1.29 is 14.2 Å². The van der Waals surface area contributed by atoms with Crippen molar-refractivity contribution in [3.05, 3.63) is 82.9 Å². The second kappa shape index (κ2) is 8.66. The molecule has 29 heavy (non-hydrogen) atoms. The lowest BCUT2D eigenvalue weighted by Crippen LogP contribution is -2.33. The Morgan fingerprint density at radius 2 is 1.28 bits per heavy atom. The molecule has 3 heteroatoms. The fourth-order valence-electron chi connectivity index (χ4n) is 3.88. The van der Waals surface area contributed by atoms with Crippen LogP contribution in [0.15, 0.2) is 49.6 Å². The molecule has 0 aliphatic carbocycles. The molecule has 2 aliphatic rings. The van der Waals surface area contributed by atoms with E-state index in [0.29, 0.717) is 0 Å². The maximum absolute atomic E-state index is 6.64. The zero-order valence-electron chi connectivity index (χ0n) is 17.4. The van der Waals surface area contributed by atoms with Crippen molar-refractivity contribution in [1.29, 1.82) is 0 Å². The van der Waals surface area contributed by atoms with Gasteiger partial charge in [-0.1, -0.05) is 61.7 Å². The van der Waals surface area contributed by atoms with E-state index in [1.165, 1.54) is 22.3 Å². The third kappa shape index (κ3) is 5.05. The summed E-state index contributed by atoms with van der Waals surface area (Å²) in [6.07, 6.45) is 5.93. The van der Waals surface area contributed by atoms with Gasteiger partial charge in [-0.25, -0.2) is 0 Å². The normalized spacial score (nSPS) is 22.0. The van der Waals surface area contributed by atoms with E-state index in [2.05, 4.69) is 63.4 Å². The van der Waals surface area contributed by atoms with Gasteiger partial charge >= 0.3 is 0 Å². The predicted octanol–water partition coefficient (Wildman–Crippen LogP) is 4.93. The van der Waals surface area contributed by atoms with Gasteiger partial charge in [0.15, 0.2) is 0 Å². The summed E-state index contributed by atoms with van der Waals surface area (Å²) in [5.41, 5.74) is 7.44. The molecular weight excluding hydrogens is 360 g/mol. The van der Waals surface area contributed by atoms with Gasteiger partial charge in [-0.3, -0.25) is 0 Å². The van der Waals surface area contributed by atoms with E-state index in [9.17, 15) is 0 Å². The SMILES string of the molecule is C=Cc1ccc(CC(OC(Cc2ccc(C=C)cc2C)C2CO2)C2CO2)c(C)c1. The quantitative estimate of drug-likeness (QED) is 0.540. The smallest absolute Gasteiger partial charge is 0.107 e. The van der Waals surface area contributed by atoms with Gasteiger partial charge in [0.25, 0.3) is 0 Å². The molecule has 3 nitrogen and oxygen atoms in total. The van der Waals surface area contributed by atoms with Crippen LogP contribution in [0.2, 0.25) is 0 Å². The lowest BCUT2D eigenvalue weighted by Gasteiger charge is -2.24. The molecule has 0 bridgehead atoms. The molecule has 4 rings (SSSR count). The highest BCUT2D eigenvalue weighted by molar-refractivity contribution is 5.50. The summed E-state index contributed by atoms with van der Waals surface area (Å²) in [5.74, 6) is 0. The molecule has 2 saturated heterocycles. The van der Waals surface area contributed by atoms with E-state index in [1.54, 1.807) is 0 Å². The minimum atomic E-state index is 0.0465. The molecule has 4 atom stereocenters. The largest absolute Gasteiger partial charge is 0.370 e. The van der Waals surface area contributed by atoms with E-state index in [4.69, 9.17) is 14.2 Å². The van der Waals surface area contributed by atoms with Crippen molar-refractivity contribution in [2.24, 2.45) is 0 Å². The summed E-state index contributed by atoms with van der Waals surface area (Å²) in [4.78, 5) is 0. The molecule has 0 aromatic heterocycles. The Hall–Kier alpha value is -2.20. The van der Waals surface area contributed by atoms with Crippen LogP contribution >= 0.6 is 0 Å². The van der Waals surface area contributed by atoms with Crippen molar-refractivity contribution in [3.8, 4) is 0 Å². The first kappa shape index (κ1) is 20.1. The van der Waals surface area contributed by atoms with Gasteiger partial charge in [-0.15, -0.1) is 0 Å². The molecule has 2 aromatic carbocycles. The highest BCUT2D eigenvalue weighted by atomic mass is 16.6. The highest BCUT2D eigenvalue weighted by Gasteiger charge is 2.40. The maximum atomic E-state index is 6.64. The first-order valence-corrected chi connectivity index (χ1v) is 10.4. The monoisotopic (exact) mass is 390 g/mol. The highest BCUT2D eigenvalue weighted by Crippen LogP contribution is 2.29. The summed E-state index contributed by atoms with van der Waals surface area (Å²) in [5, 5.41) is 0. The minimum Gasteiger partial charge on any atom is -0.370 e. The van der Waals surface area contributed by atoms with Gasteiger partial charge in [0.2, 0.25) is 0 Å². The Kier molecular flexibility index (Phi) is 6.00. The summed E-state index contributed by atoms with van der Waals surface area (Å²) in [6.45, 7) is 13.6. The molecule has 0 amide bonds. The van der Waals surface area contributed by atoms with Crippen LogP contribution in [0.25, 0.3) is 12.2 Å². The van der Waals surface area contributed by atoms with Gasteiger partial charge in [-0.2, -0.15) is 0 Å².